The van der Waals surface area contributed by atoms with E-state index in [1.54, 1.807) is 47.3 Å². The van der Waals surface area contributed by atoms with Crippen LogP contribution in [0.15, 0.2) is 67.3 Å². The van der Waals surface area contributed by atoms with Gasteiger partial charge in [-0.15, -0.1) is 0 Å². The van der Waals surface area contributed by atoms with Gasteiger partial charge in [-0.3, -0.25) is 14.6 Å². The Balaban J connectivity index is 1.47. The lowest BCUT2D eigenvalue weighted by Gasteiger charge is -2.22. The van der Waals surface area contributed by atoms with Gasteiger partial charge < -0.3 is 15.2 Å². The summed E-state index contributed by atoms with van der Waals surface area (Å²) >= 11 is 0. The van der Waals surface area contributed by atoms with Gasteiger partial charge in [0.05, 0.1) is 17.4 Å². The van der Waals surface area contributed by atoms with Crippen molar-refractivity contribution in [3.05, 3.63) is 90.0 Å². The van der Waals surface area contributed by atoms with E-state index in [0.29, 0.717) is 16.8 Å². The number of hydrogen-bond donors (Lipinski definition) is 2. The van der Waals surface area contributed by atoms with E-state index in [1.807, 2.05) is 19.9 Å². The minimum absolute atomic E-state index is 0.142. The molecule has 2 amide bonds. The number of amides is 2. The molecule has 2 N–H and O–H groups in total. The fourth-order valence-electron chi connectivity index (χ4n) is 3.75. The van der Waals surface area contributed by atoms with Crippen LogP contribution < -0.4 is 10.6 Å². The lowest BCUT2D eigenvalue weighted by molar-refractivity contribution is -0.125. The molecule has 174 valence electrons. The summed E-state index contributed by atoms with van der Waals surface area (Å²) in [5.74, 6) is -2.68. The highest BCUT2D eigenvalue weighted by Crippen LogP contribution is 2.26. The van der Waals surface area contributed by atoms with Gasteiger partial charge in [0.15, 0.2) is 11.6 Å². The molecular formula is C25H23F2N5O2. The summed E-state index contributed by atoms with van der Waals surface area (Å²) in [4.78, 5) is 33.5. The number of nitrogens with zero attached hydrogens (tertiary/aromatic N) is 3. The smallest absolute Gasteiger partial charge is 0.255 e. The van der Waals surface area contributed by atoms with Crippen molar-refractivity contribution in [2.45, 2.75) is 26.4 Å². The van der Waals surface area contributed by atoms with Crippen molar-refractivity contribution in [2.75, 3.05) is 5.32 Å². The molecule has 4 rings (SSSR count). The number of halogens is 2. The number of carbonyl (C=O) groups is 2. The van der Waals surface area contributed by atoms with E-state index in [-0.39, 0.29) is 29.8 Å². The van der Waals surface area contributed by atoms with Crippen LogP contribution in [-0.2, 0) is 11.3 Å². The number of fused-ring (bicyclic) bond motifs is 1. The minimum Gasteiger partial charge on any atom is -0.350 e. The molecule has 0 saturated carbocycles. The molecule has 0 aliphatic carbocycles. The lowest BCUT2D eigenvalue weighted by Crippen LogP contribution is -2.35. The van der Waals surface area contributed by atoms with Gasteiger partial charge in [0.2, 0.25) is 5.91 Å². The standard InChI is InChI=1S/C25H23F2N5O2/c1-15(2)23(32-14-30-21-11-19(26)20(27)12-22(21)32)25(34)29-13-16-4-3-5-18(10-16)31-24(33)17-6-8-28-9-7-17/h3-12,14-15,23H,13H2,1-2H3,(H,29,34)(H,31,33). The van der Waals surface area contributed by atoms with Crippen LogP contribution in [0.2, 0.25) is 0 Å². The number of benzene rings is 2. The average Bonchev–Trinajstić information content (AvgIpc) is 3.20. The molecule has 34 heavy (non-hydrogen) atoms. The number of nitrogens with one attached hydrogen (secondary N) is 2. The van der Waals surface area contributed by atoms with Crippen LogP contribution >= 0.6 is 0 Å². The monoisotopic (exact) mass is 463 g/mol. The zero-order valence-corrected chi connectivity index (χ0v) is 18.6. The summed E-state index contributed by atoms with van der Waals surface area (Å²) in [6.45, 7) is 3.95. The maximum atomic E-state index is 13.8. The highest BCUT2D eigenvalue weighted by Gasteiger charge is 2.26. The number of carbonyl (C=O) groups excluding carboxylic acids is 2. The minimum atomic E-state index is -0.997. The summed E-state index contributed by atoms with van der Waals surface area (Å²) < 4.78 is 28.9. The zero-order valence-electron chi connectivity index (χ0n) is 18.6. The quantitative estimate of drug-likeness (QED) is 0.423. The van der Waals surface area contributed by atoms with Gasteiger partial charge in [-0.1, -0.05) is 26.0 Å². The first kappa shape index (κ1) is 23.0. The van der Waals surface area contributed by atoms with Crippen LogP contribution in [0.25, 0.3) is 11.0 Å². The zero-order chi connectivity index (χ0) is 24.2. The Bertz CT molecular complexity index is 1340. The second kappa shape index (κ2) is 9.78. The molecule has 2 heterocycles. The molecule has 1 unspecified atom stereocenters. The topological polar surface area (TPSA) is 88.9 Å². The number of anilines is 1. The fourth-order valence-corrected chi connectivity index (χ4v) is 3.75. The maximum Gasteiger partial charge on any atom is 0.255 e. The van der Waals surface area contributed by atoms with Crippen LogP contribution in [0, 0.1) is 17.6 Å². The summed E-state index contributed by atoms with van der Waals surface area (Å²) in [5.41, 5.74) is 2.47. The Morgan fingerprint density at radius 1 is 1.03 bits per heavy atom. The first-order valence-electron chi connectivity index (χ1n) is 10.7. The largest absolute Gasteiger partial charge is 0.350 e. The van der Waals surface area contributed by atoms with Crippen molar-refractivity contribution < 1.29 is 18.4 Å². The summed E-state index contributed by atoms with van der Waals surface area (Å²) in [6, 6.07) is 11.8. The Morgan fingerprint density at radius 3 is 2.50 bits per heavy atom. The van der Waals surface area contributed by atoms with Gasteiger partial charge in [-0.25, -0.2) is 13.8 Å². The Kier molecular flexibility index (Phi) is 6.62. The van der Waals surface area contributed by atoms with Crippen molar-refractivity contribution in [2.24, 2.45) is 5.92 Å². The molecule has 0 aliphatic heterocycles. The maximum absolute atomic E-state index is 13.8. The first-order chi connectivity index (χ1) is 16.3. The number of hydrogen-bond acceptors (Lipinski definition) is 4. The van der Waals surface area contributed by atoms with E-state index in [1.165, 1.54) is 6.33 Å². The second-order valence-corrected chi connectivity index (χ2v) is 8.20. The molecule has 2 aromatic heterocycles. The second-order valence-electron chi connectivity index (χ2n) is 8.20. The lowest BCUT2D eigenvalue weighted by atomic mass is 10.0. The molecule has 4 aromatic rings. The third kappa shape index (κ3) is 4.93. The molecule has 0 spiro atoms. The normalized spacial score (nSPS) is 12.0. The van der Waals surface area contributed by atoms with Gasteiger partial charge in [-0.2, -0.15) is 0 Å². The molecule has 0 fully saturated rings. The molecule has 9 heteroatoms. The van der Waals surface area contributed by atoms with Crippen molar-refractivity contribution in [1.82, 2.24) is 19.9 Å². The van der Waals surface area contributed by atoms with Gasteiger partial charge >= 0.3 is 0 Å². The van der Waals surface area contributed by atoms with Crippen molar-refractivity contribution in [1.29, 1.82) is 0 Å². The number of pyridine rings is 1. The molecule has 0 radical (unpaired) electrons. The molecule has 2 aromatic carbocycles. The van der Waals surface area contributed by atoms with Crippen LogP contribution in [0.3, 0.4) is 0 Å². The molecular weight excluding hydrogens is 440 g/mol. The highest BCUT2D eigenvalue weighted by atomic mass is 19.2. The van der Waals surface area contributed by atoms with Crippen LogP contribution in [-0.4, -0.2) is 26.3 Å². The predicted octanol–water partition coefficient (Wildman–Crippen LogP) is 4.48. The predicted molar refractivity (Wildman–Crippen MR) is 124 cm³/mol. The number of imidazole rings is 1. The van der Waals surface area contributed by atoms with E-state index < -0.39 is 17.7 Å². The third-order valence-electron chi connectivity index (χ3n) is 5.41. The summed E-state index contributed by atoms with van der Waals surface area (Å²) in [6.07, 6.45) is 4.50. The molecule has 1 atom stereocenters. The van der Waals surface area contributed by atoms with Gasteiger partial charge in [0.1, 0.15) is 6.04 Å². The van der Waals surface area contributed by atoms with Crippen LogP contribution in [0.4, 0.5) is 14.5 Å². The fraction of sp³-hybridized carbons (Fsp3) is 0.200. The van der Waals surface area contributed by atoms with Crippen LogP contribution in [0.5, 0.6) is 0 Å². The summed E-state index contributed by atoms with van der Waals surface area (Å²) in [7, 11) is 0. The van der Waals surface area contributed by atoms with Crippen molar-refractivity contribution >= 4 is 28.5 Å². The highest BCUT2D eigenvalue weighted by molar-refractivity contribution is 6.04. The van der Waals surface area contributed by atoms with Gasteiger partial charge in [0, 0.05) is 42.3 Å². The Hall–Kier alpha value is -4.14. The number of rotatable bonds is 7. The van der Waals surface area contributed by atoms with Gasteiger partial charge in [0.25, 0.3) is 5.91 Å². The van der Waals surface area contributed by atoms with E-state index in [2.05, 4.69) is 20.6 Å². The van der Waals surface area contributed by atoms with E-state index in [4.69, 9.17) is 0 Å². The van der Waals surface area contributed by atoms with Crippen molar-refractivity contribution in [3.8, 4) is 0 Å². The summed E-state index contributed by atoms with van der Waals surface area (Å²) in [5, 5.41) is 5.72. The van der Waals surface area contributed by atoms with E-state index in [0.717, 1.165) is 17.7 Å². The third-order valence-corrected chi connectivity index (χ3v) is 5.41. The molecule has 0 bridgehead atoms. The molecule has 0 saturated heterocycles. The number of aromatic nitrogens is 3. The Labute approximate surface area is 194 Å². The Morgan fingerprint density at radius 2 is 1.76 bits per heavy atom. The van der Waals surface area contributed by atoms with E-state index >= 15 is 0 Å². The SMILES string of the molecule is CC(C)C(C(=O)NCc1cccc(NC(=O)c2ccncc2)c1)n1cnc2cc(F)c(F)cc21. The molecule has 7 nitrogen and oxygen atoms in total. The first-order valence-corrected chi connectivity index (χ1v) is 10.7. The van der Waals surface area contributed by atoms with Gasteiger partial charge in [-0.05, 0) is 35.7 Å². The average molecular weight is 463 g/mol. The van der Waals surface area contributed by atoms with Crippen molar-refractivity contribution in [3.63, 3.8) is 0 Å². The molecule has 0 aliphatic rings. The van der Waals surface area contributed by atoms with Crippen LogP contribution in [0.1, 0.15) is 35.8 Å². The van der Waals surface area contributed by atoms with E-state index in [9.17, 15) is 18.4 Å².